The Balaban J connectivity index is 1.78. The number of halogens is 1. The number of hydrogen-bond acceptors (Lipinski definition) is 2. The zero-order valence-electron chi connectivity index (χ0n) is 13.4. The van der Waals surface area contributed by atoms with Crippen molar-refractivity contribution in [3.05, 3.63) is 95.8 Å². The summed E-state index contributed by atoms with van der Waals surface area (Å²) in [4.78, 5) is 0. The van der Waals surface area contributed by atoms with E-state index in [2.05, 4.69) is 0 Å². The molecule has 1 unspecified atom stereocenters. The average molecular weight is 321 g/mol. The lowest BCUT2D eigenvalue weighted by molar-refractivity contribution is 0.481. The third-order valence-electron chi connectivity index (χ3n) is 3.96. The van der Waals surface area contributed by atoms with Crippen LogP contribution in [0.15, 0.2) is 78.9 Å². The summed E-state index contributed by atoms with van der Waals surface area (Å²) in [6, 6.07) is 24.3. The molecule has 0 heterocycles. The second-order valence-corrected chi connectivity index (χ2v) is 5.75. The second kappa shape index (κ2) is 7.75. The highest BCUT2D eigenvalue weighted by molar-refractivity contribution is 5.36. The van der Waals surface area contributed by atoms with Gasteiger partial charge in [-0.05, 0) is 60.5 Å². The van der Waals surface area contributed by atoms with Crippen molar-refractivity contribution in [3.63, 3.8) is 0 Å². The van der Waals surface area contributed by atoms with E-state index in [9.17, 15) is 4.39 Å². The van der Waals surface area contributed by atoms with E-state index in [0.717, 1.165) is 22.6 Å². The number of rotatable bonds is 6. The average Bonchev–Trinajstić information content (AvgIpc) is 2.61. The molecule has 3 rings (SSSR count). The Morgan fingerprint density at radius 1 is 0.833 bits per heavy atom. The summed E-state index contributed by atoms with van der Waals surface area (Å²) in [7, 11) is 0. The van der Waals surface area contributed by atoms with Crippen LogP contribution in [0.5, 0.6) is 11.5 Å². The van der Waals surface area contributed by atoms with Gasteiger partial charge in [0, 0.05) is 5.92 Å². The van der Waals surface area contributed by atoms with Gasteiger partial charge in [0.2, 0.25) is 0 Å². The molecule has 0 bridgehead atoms. The first-order chi connectivity index (χ1) is 11.7. The summed E-state index contributed by atoms with van der Waals surface area (Å²) in [6.07, 6.45) is 0.697. The van der Waals surface area contributed by atoms with E-state index in [1.54, 1.807) is 12.1 Å². The fourth-order valence-electron chi connectivity index (χ4n) is 2.74. The van der Waals surface area contributed by atoms with Gasteiger partial charge in [-0.25, -0.2) is 4.39 Å². The first-order valence-electron chi connectivity index (χ1n) is 8.02. The predicted molar refractivity (Wildman–Crippen MR) is 94.9 cm³/mol. The molecule has 24 heavy (non-hydrogen) atoms. The highest BCUT2D eigenvalue weighted by atomic mass is 19.1. The molecular weight excluding hydrogens is 301 g/mol. The number of para-hydroxylation sites is 1. The highest BCUT2D eigenvalue weighted by Gasteiger charge is 2.12. The van der Waals surface area contributed by atoms with Crippen molar-refractivity contribution >= 4 is 0 Å². The SMILES string of the molecule is NCC(Cc1cccc(F)c1)c1cccc(Oc2ccccc2)c1. The number of hydrogen-bond donors (Lipinski definition) is 1. The first kappa shape index (κ1) is 16.2. The minimum atomic E-state index is -0.218. The van der Waals surface area contributed by atoms with Crippen LogP contribution in [0.2, 0.25) is 0 Å². The van der Waals surface area contributed by atoms with Gasteiger partial charge < -0.3 is 10.5 Å². The van der Waals surface area contributed by atoms with Gasteiger partial charge in [-0.2, -0.15) is 0 Å². The molecule has 0 aromatic heterocycles. The summed E-state index contributed by atoms with van der Waals surface area (Å²) in [5.74, 6) is 1.47. The van der Waals surface area contributed by atoms with Gasteiger partial charge in [-0.3, -0.25) is 0 Å². The lowest BCUT2D eigenvalue weighted by Gasteiger charge is -2.17. The van der Waals surface area contributed by atoms with Crippen molar-refractivity contribution in [1.82, 2.24) is 0 Å². The van der Waals surface area contributed by atoms with Crippen molar-refractivity contribution < 1.29 is 9.13 Å². The number of ether oxygens (including phenoxy) is 1. The van der Waals surface area contributed by atoms with Crippen LogP contribution < -0.4 is 10.5 Å². The van der Waals surface area contributed by atoms with Crippen LogP contribution in [0, 0.1) is 5.82 Å². The Morgan fingerprint density at radius 2 is 1.58 bits per heavy atom. The van der Waals surface area contributed by atoms with Crippen LogP contribution in [-0.4, -0.2) is 6.54 Å². The Morgan fingerprint density at radius 3 is 2.33 bits per heavy atom. The predicted octanol–water partition coefficient (Wildman–Crippen LogP) is 4.90. The smallest absolute Gasteiger partial charge is 0.127 e. The fourth-order valence-corrected chi connectivity index (χ4v) is 2.74. The lowest BCUT2D eigenvalue weighted by Crippen LogP contribution is -2.15. The van der Waals surface area contributed by atoms with E-state index < -0.39 is 0 Å². The van der Waals surface area contributed by atoms with Crippen molar-refractivity contribution in [2.75, 3.05) is 6.54 Å². The number of nitrogens with two attached hydrogens (primary N) is 1. The number of benzene rings is 3. The van der Waals surface area contributed by atoms with Crippen molar-refractivity contribution in [2.24, 2.45) is 5.73 Å². The summed E-state index contributed by atoms with van der Waals surface area (Å²) >= 11 is 0. The van der Waals surface area contributed by atoms with Crippen LogP contribution in [0.4, 0.5) is 4.39 Å². The van der Waals surface area contributed by atoms with Gasteiger partial charge in [0.15, 0.2) is 0 Å². The molecule has 3 aromatic carbocycles. The van der Waals surface area contributed by atoms with Gasteiger partial charge in [-0.15, -0.1) is 0 Å². The first-order valence-corrected chi connectivity index (χ1v) is 8.02. The highest BCUT2D eigenvalue weighted by Crippen LogP contribution is 2.27. The largest absolute Gasteiger partial charge is 0.457 e. The van der Waals surface area contributed by atoms with E-state index in [4.69, 9.17) is 10.5 Å². The summed E-state index contributed by atoms with van der Waals surface area (Å²) < 4.78 is 19.3. The fraction of sp³-hybridized carbons (Fsp3) is 0.143. The van der Waals surface area contributed by atoms with Crippen LogP contribution in [-0.2, 0) is 6.42 Å². The summed E-state index contributed by atoms with van der Waals surface area (Å²) in [5, 5.41) is 0. The molecule has 0 spiro atoms. The molecule has 0 aliphatic carbocycles. The van der Waals surface area contributed by atoms with Crippen molar-refractivity contribution in [2.45, 2.75) is 12.3 Å². The van der Waals surface area contributed by atoms with Gasteiger partial charge >= 0.3 is 0 Å². The van der Waals surface area contributed by atoms with E-state index in [1.807, 2.05) is 60.7 Å². The van der Waals surface area contributed by atoms with E-state index >= 15 is 0 Å². The molecule has 0 aliphatic rings. The van der Waals surface area contributed by atoms with Crippen LogP contribution in [0.1, 0.15) is 17.0 Å². The van der Waals surface area contributed by atoms with Gasteiger partial charge in [0.1, 0.15) is 17.3 Å². The maximum absolute atomic E-state index is 13.4. The minimum absolute atomic E-state index is 0.117. The van der Waals surface area contributed by atoms with E-state index in [0.29, 0.717) is 13.0 Å². The Bertz CT molecular complexity index is 789. The standard InChI is InChI=1S/C21H20FNO/c22-19-8-4-6-16(13-19)12-18(15-23)17-7-5-11-21(14-17)24-20-9-2-1-3-10-20/h1-11,13-14,18H,12,15,23H2. The van der Waals surface area contributed by atoms with E-state index in [-0.39, 0.29) is 11.7 Å². The van der Waals surface area contributed by atoms with Crippen molar-refractivity contribution in [3.8, 4) is 11.5 Å². The maximum atomic E-state index is 13.4. The molecule has 3 aromatic rings. The minimum Gasteiger partial charge on any atom is -0.457 e. The molecule has 1 atom stereocenters. The van der Waals surface area contributed by atoms with Crippen LogP contribution in [0.3, 0.4) is 0 Å². The van der Waals surface area contributed by atoms with Crippen molar-refractivity contribution in [1.29, 1.82) is 0 Å². The molecule has 0 aliphatic heterocycles. The molecule has 0 radical (unpaired) electrons. The maximum Gasteiger partial charge on any atom is 0.127 e. The van der Waals surface area contributed by atoms with Crippen LogP contribution >= 0.6 is 0 Å². The molecule has 0 fully saturated rings. The van der Waals surface area contributed by atoms with Gasteiger partial charge in [-0.1, -0.05) is 42.5 Å². The second-order valence-electron chi connectivity index (χ2n) is 5.75. The zero-order chi connectivity index (χ0) is 16.8. The van der Waals surface area contributed by atoms with E-state index in [1.165, 1.54) is 6.07 Å². The lowest BCUT2D eigenvalue weighted by atomic mass is 9.92. The van der Waals surface area contributed by atoms with Gasteiger partial charge in [0.25, 0.3) is 0 Å². The molecule has 0 saturated heterocycles. The summed E-state index contributed by atoms with van der Waals surface area (Å²) in [6.45, 7) is 0.491. The third-order valence-corrected chi connectivity index (χ3v) is 3.96. The van der Waals surface area contributed by atoms with Crippen LogP contribution in [0.25, 0.3) is 0 Å². The normalized spacial score (nSPS) is 11.9. The molecular formula is C21H20FNO. The molecule has 0 saturated carbocycles. The molecule has 2 N–H and O–H groups in total. The summed E-state index contributed by atoms with van der Waals surface area (Å²) in [5.41, 5.74) is 8.00. The zero-order valence-corrected chi connectivity index (χ0v) is 13.4. The monoisotopic (exact) mass is 321 g/mol. The quantitative estimate of drug-likeness (QED) is 0.700. The Labute approximate surface area is 141 Å². The molecule has 2 nitrogen and oxygen atoms in total. The molecule has 0 amide bonds. The molecule has 122 valence electrons. The molecule has 3 heteroatoms. The Hall–Kier alpha value is -2.65. The van der Waals surface area contributed by atoms with Gasteiger partial charge in [0.05, 0.1) is 0 Å². The third kappa shape index (κ3) is 4.21. The Kier molecular flexibility index (Phi) is 5.24. The topological polar surface area (TPSA) is 35.2 Å².